The van der Waals surface area contributed by atoms with Gasteiger partial charge < -0.3 is 28.3 Å². The van der Waals surface area contributed by atoms with Gasteiger partial charge in [0, 0.05) is 13.0 Å². The van der Waals surface area contributed by atoms with Crippen molar-refractivity contribution in [2.75, 3.05) is 47.5 Å². The minimum absolute atomic E-state index is 0.0443. The third-order valence-electron chi connectivity index (χ3n) is 6.68. The number of phosphoric ester groups is 1. The van der Waals surface area contributed by atoms with E-state index in [0.29, 0.717) is 17.6 Å². The van der Waals surface area contributed by atoms with Gasteiger partial charge in [-0.2, -0.15) is 0 Å². The van der Waals surface area contributed by atoms with Crippen molar-refractivity contribution < 1.29 is 37.6 Å². The van der Waals surface area contributed by atoms with Crippen LogP contribution in [0.3, 0.4) is 0 Å². The van der Waals surface area contributed by atoms with Crippen molar-refractivity contribution in [2.45, 2.75) is 135 Å². The van der Waals surface area contributed by atoms with Crippen molar-refractivity contribution in [3.8, 4) is 0 Å². The standard InChI is InChI=1S/C29H60NO7P/c1-6-8-10-11-12-13-14-15-16-17-18-19-20-22-27(32)29(35-24-21-9-7-2)28(26-31)37-38(33,34)36-25-23-30(3,4)5/h28-29,31H,6-26H2,1-5H3/t28-,29?/m0/s1. The van der Waals surface area contributed by atoms with Crippen LogP contribution in [-0.4, -0.2) is 75.1 Å². The summed E-state index contributed by atoms with van der Waals surface area (Å²) in [6.45, 7) is 4.40. The van der Waals surface area contributed by atoms with Gasteiger partial charge in [0.15, 0.2) is 5.78 Å². The number of Topliss-reactive ketones (excluding diaryl/α,β-unsaturated/α-hetero) is 1. The minimum atomic E-state index is -4.70. The zero-order valence-corrected chi connectivity index (χ0v) is 26.2. The molecule has 0 saturated carbocycles. The lowest BCUT2D eigenvalue weighted by Gasteiger charge is -2.32. The number of hydrogen-bond acceptors (Lipinski definition) is 7. The summed E-state index contributed by atoms with van der Waals surface area (Å²) >= 11 is 0. The van der Waals surface area contributed by atoms with Gasteiger partial charge in [-0.15, -0.1) is 0 Å². The number of carbonyl (C=O) groups excluding carboxylic acids is 1. The number of phosphoric acid groups is 1. The molecule has 2 unspecified atom stereocenters. The summed E-state index contributed by atoms with van der Waals surface area (Å²) in [5, 5.41) is 9.87. The molecule has 228 valence electrons. The number of hydrogen-bond donors (Lipinski definition) is 1. The Morgan fingerprint density at radius 1 is 0.789 bits per heavy atom. The van der Waals surface area contributed by atoms with Crippen LogP contribution in [0.25, 0.3) is 0 Å². The molecule has 8 nitrogen and oxygen atoms in total. The summed E-state index contributed by atoms with van der Waals surface area (Å²) in [4.78, 5) is 25.4. The Balaban J connectivity index is 4.50. The summed E-state index contributed by atoms with van der Waals surface area (Å²) in [7, 11) is 1.07. The molecule has 0 rings (SSSR count). The van der Waals surface area contributed by atoms with Gasteiger partial charge in [0.25, 0.3) is 7.82 Å². The topological polar surface area (TPSA) is 105 Å². The second-order valence-electron chi connectivity index (χ2n) is 11.6. The van der Waals surface area contributed by atoms with Crippen LogP contribution >= 0.6 is 7.82 Å². The van der Waals surface area contributed by atoms with Gasteiger partial charge in [-0.05, 0) is 12.8 Å². The highest BCUT2D eigenvalue weighted by Crippen LogP contribution is 2.40. The molecule has 0 bridgehead atoms. The van der Waals surface area contributed by atoms with E-state index in [-0.39, 0.29) is 18.8 Å². The zero-order chi connectivity index (χ0) is 28.7. The summed E-state index contributed by atoms with van der Waals surface area (Å²) in [6, 6.07) is 0. The number of unbranched alkanes of at least 4 members (excludes halogenated alkanes) is 14. The first-order chi connectivity index (χ1) is 18.1. The van der Waals surface area contributed by atoms with Gasteiger partial charge in [0.05, 0.1) is 27.7 Å². The second kappa shape index (κ2) is 23.4. The average molecular weight is 566 g/mol. The highest BCUT2D eigenvalue weighted by atomic mass is 31.2. The number of ether oxygens (including phenoxy) is 1. The van der Waals surface area contributed by atoms with Gasteiger partial charge in [-0.1, -0.05) is 104 Å². The second-order valence-corrected chi connectivity index (χ2v) is 12.9. The number of likely N-dealkylation sites (N-methyl/N-ethyl adjacent to an activating group) is 1. The van der Waals surface area contributed by atoms with E-state index in [2.05, 4.69) is 13.8 Å². The quantitative estimate of drug-likeness (QED) is 0.0686. The maximum Gasteiger partial charge on any atom is 0.268 e. The molecule has 0 aromatic carbocycles. The number of aliphatic hydroxyl groups excluding tert-OH is 1. The average Bonchev–Trinajstić information content (AvgIpc) is 2.84. The molecule has 0 spiro atoms. The molecule has 3 atom stereocenters. The summed E-state index contributed by atoms with van der Waals surface area (Å²) in [6.07, 6.45) is 16.4. The number of nitrogens with zero attached hydrogens (tertiary/aromatic N) is 1. The largest absolute Gasteiger partial charge is 0.756 e. The third kappa shape index (κ3) is 22.5. The van der Waals surface area contributed by atoms with E-state index in [4.69, 9.17) is 13.8 Å². The van der Waals surface area contributed by atoms with Crippen molar-refractivity contribution in [3.05, 3.63) is 0 Å². The number of ketones is 1. The van der Waals surface area contributed by atoms with Gasteiger partial charge >= 0.3 is 0 Å². The fourth-order valence-corrected chi connectivity index (χ4v) is 5.11. The van der Waals surface area contributed by atoms with Crippen molar-refractivity contribution in [2.24, 2.45) is 0 Å². The first kappa shape index (κ1) is 37.7. The first-order valence-corrected chi connectivity index (χ1v) is 16.7. The molecular formula is C29H60NO7P. The highest BCUT2D eigenvalue weighted by Gasteiger charge is 2.32. The van der Waals surface area contributed by atoms with Gasteiger partial charge in [0.1, 0.15) is 25.4 Å². The predicted octanol–water partition coefficient (Wildman–Crippen LogP) is 6.18. The maximum absolute atomic E-state index is 13.0. The van der Waals surface area contributed by atoms with Crippen LogP contribution in [0.5, 0.6) is 0 Å². The summed E-state index contributed by atoms with van der Waals surface area (Å²) in [5.41, 5.74) is 0. The lowest BCUT2D eigenvalue weighted by molar-refractivity contribution is -0.870. The van der Waals surface area contributed by atoms with Gasteiger partial charge in [-0.3, -0.25) is 9.36 Å². The molecule has 0 aromatic rings. The molecule has 0 aliphatic carbocycles. The van der Waals surface area contributed by atoms with Crippen LogP contribution in [0.15, 0.2) is 0 Å². The van der Waals surface area contributed by atoms with Crippen LogP contribution in [0.1, 0.15) is 123 Å². The zero-order valence-electron chi connectivity index (χ0n) is 25.3. The smallest absolute Gasteiger partial charge is 0.268 e. The molecule has 0 amide bonds. The monoisotopic (exact) mass is 565 g/mol. The van der Waals surface area contributed by atoms with Crippen LogP contribution in [0, 0.1) is 0 Å². The Hall–Kier alpha value is -0.340. The molecule has 0 heterocycles. The van der Waals surface area contributed by atoms with E-state index in [1.54, 1.807) is 0 Å². The number of aliphatic hydroxyl groups is 1. The minimum Gasteiger partial charge on any atom is -0.756 e. The fourth-order valence-electron chi connectivity index (χ4n) is 4.24. The third-order valence-corrected chi connectivity index (χ3v) is 7.71. The van der Waals surface area contributed by atoms with Gasteiger partial charge in [-0.25, -0.2) is 0 Å². The Morgan fingerprint density at radius 2 is 1.26 bits per heavy atom. The van der Waals surface area contributed by atoms with E-state index >= 15 is 0 Å². The Labute approximate surface area is 234 Å². The fraction of sp³-hybridized carbons (Fsp3) is 0.966. The Kier molecular flexibility index (Phi) is 23.2. The number of rotatable bonds is 28. The molecule has 1 N–H and O–H groups in total. The maximum atomic E-state index is 13.0. The van der Waals surface area contributed by atoms with Crippen molar-refractivity contribution in [1.82, 2.24) is 0 Å². The van der Waals surface area contributed by atoms with Crippen LogP contribution in [0.2, 0.25) is 0 Å². The molecule has 0 aliphatic heterocycles. The van der Waals surface area contributed by atoms with Crippen LogP contribution < -0.4 is 4.89 Å². The van der Waals surface area contributed by atoms with E-state index in [9.17, 15) is 19.4 Å². The van der Waals surface area contributed by atoms with Gasteiger partial charge in [0.2, 0.25) is 0 Å². The normalized spacial score (nSPS) is 15.3. The summed E-state index contributed by atoms with van der Waals surface area (Å²) in [5.74, 6) is -0.227. The number of quaternary nitrogens is 1. The molecule has 0 aliphatic rings. The molecular weight excluding hydrogens is 505 g/mol. The van der Waals surface area contributed by atoms with Crippen LogP contribution in [-0.2, 0) is 23.1 Å². The number of carbonyl (C=O) groups is 1. The molecule has 0 aromatic heterocycles. The Bertz CT molecular complexity index is 612. The Morgan fingerprint density at radius 3 is 1.74 bits per heavy atom. The van der Waals surface area contributed by atoms with E-state index in [0.717, 1.165) is 38.5 Å². The molecule has 9 heteroatoms. The lowest BCUT2D eigenvalue weighted by Crippen LogP contribution is -2.42. The highest BCUT2D eigenvalue weighted by molar-refractivity contribution is 7.45. The molecule has 0 radical (unpaired) electrons. The molecule has 0 saturated heterocycles. The SMILES string of the molecule is CCCCCCCCCCCCCCCC(=O)C(OCCCCC)[C@H](CO)OP(=O)([O-])OCC[N+](C)(C)C. The van der Waals surface area contributed by atoms with E-state index in [1.165, 1.54) is 64.2 Å². The van der Waals surface area contributed by atoms with E-state index in [1.807, 2.05) is 21.1 Å². The molecule has 38 heavy (non-hydrogen) atoms. The predicted molar refractivity (Wildman–Crippen MR) is 153 cm³/mol. The summed E-state index contributed by atoms with van der Waals surface area (Å²) < 4.78 is 28.8. The van der Waals surface area contributed by atoms with E-state index < -0.39 is 26.6 Å². The van der Waals surface area contributed by atoms with Crippen molar-refractivity contribution in [1.29, 1.82) is 0 Å². The van der Waals surface area contributed by atoms with Crippen molar-refractivity contribution in [3.63, 3.8) is 0 Å². The lowest BCUT2D eigenvalue weighted by atomic mass is 10.0. The van der Waals surface area contributed by atoms with Crippen molar-refractivity contribution >= 4 is 13.6 Å². The van der Waals surface area contributed by atoms with Crippen LogP contribution in [0.4, 0.5) is 0 Å². The molecule has 0 fully saturated rings. The first-order valence-electron chi connectivity index (χ1n) is 15.3.